The average Bonchev–Trinajstić information content (AvgIpc) is 2.93. The first-order chi connectivity index (χ1) is 10.7. The van der Waals surface area contributed by atoms with E-state index in [-0.39, 0.29) is 5.97 Å². The number of hydrogen-bond acceptors (Lipinski definition) is 3. The molecule has 108 valence electrons. The summed E-state index contributed by atoms with van der Waals surface area (Å²) in [6.07, 6.45) is 1.69. The number of H-pyrrole nitrogens is 1. The molecule has 22 heavy (non-hydrogen) atoms. The second kappa shape index (κ2) is 4.71. The zero-order chi connectivity index (χ0) is 15.3. The summed E-state index contributed by atoms with van der Waals surface area (Å²) >= 11 is 6.31. The van der Waals surface area contributed by atoms with Crippen molar-refractivity contribution in [2.75, 3.05) is 7.11 Å². The largest absolute Gasteiger partial charge is 0.465 e. The van der Waals surface area contributed by atoms with E-state index >= 15 is 0 Å². The molecule has 4 aromatic rings. The van der Waals surface area contributed by atoms with E-state index in [2.05, 4.69) is 9.97 Å². The highest BCUT2D eigenvalue weighted by Crippen LogP contribution is 2.36. The number of aromatic amines is 1. The fraction of sp³-hybridized carbons (Fsp3) is 0.0588. The first kappa shape index (κ1) is 13.1. The number of hydrogen-bond donors (Lipinski definition) is 1. The number of para-hydroxylation sites is 1. The molecule has 0 saturated heterocycles. The molecule has 0 aliphatic rings. The number of nitrogens with zero attached hydrogens (tertiary/aromatic N) is 1. The molecule has 0 aliphatic carbocycles. The van der Waals surface area contributed by atoms with Crippen LogP contribution in [0.2, 0.25) is 5.15 Å². The van der Waals surface area contributed by atoms with E-state index in [0.29, 0.717) is 10.7 Å². The second-order valence-corrected chi connectivity index (χ2v) is 5.39. The van der Waals surface area contributed by atoms with Gasteiger partial charge in [0.25, 0.3) is 0 Å². The highest BCUT2D eigenvalue weighted by atomic mass is 35.5. The number of esters is 1. The Hall–Kier alpha value is -2.59. The molecule has 5 heteroatoms. The van der Waals surface area contributed by atoms with Crippen molar-refractivity contribution in [3.63, 3.8) is 0 Å². The molecule has 2 aromatic carbocycles. The standard InChI is InChI=1S/C17H11ClN2O2/c1-22-17(21)11-4-2-3-10-14-12(20-15(10)11)6-5-9-7-8-19-16(18)13(9)14/h2-8,20H,1H3. The number of benzene rings is 2. The lowest BCUT2D eigenvalue weighted by Gasteiger charge is -2.02. The van der Waals surface area contributed by atoms with Gasteiger partial charge in [-0.05, 0) is 23.6 Å². The first-order valence-electron chi connectivity index (χ1n) is 6.76. The van der Waals surface area contributed by atoms with Crippen LogP contribution in [0.25, 0.3) is 32.6 Å². The van der Waals surface area contributed by atoms with E-state index in [9.17, 15) is 4.79 Å². The molecule has 0 fully saturated rings. The van der Waals surface area contributed by atoms with Gasteiger partial charge in [-0.15, -0.1) is 0 Å². The van der Waals surface area contributed by atoms with Crippen LogP contribution in [0.5, 0.6) is 0 Å². The van der Waals surface area contributed by atoms with Crippen LogP contribution < -0.4 is 0 Å². The molecular weight excluding hydrogens is 300 g/mol. The first-order valence-corrected chi connectivity index (χ1v) is 7.14. The van der Waals surface area contributed by atoms with Crippen LogP contribution in [0.1, 0.15) is 10.4 Å². The van der Waals surface area contributed by atoms with E-state index in [1.165, 1.54) is 7.11 Å². The van der Waals surface area contributed by atoms with Crippen molar-refractivity contribution in [3.8, 4) is 0 Å². The third-order valence-electron chi connectivity index (χ3n) is 3.88. The van der Waals surface area contributed by atoms with Crippen LogP contribution in [0.3, 0.4) is 0 Å². The minimum absolute atomic E-state index is 0.370. The summed E-state index contributed by atoms with van der Waals surface area (Å²) in [5.41, 5.74) is 2.16. The van der Waals surface area contributed by atoms with Gasteiger partial charge in [0.2, 0.25) is 0 Å². The summed E-state index contributed by atoms with van der Waals surface area (Å²) in [5.74, 6) is -0.370. The maximum Gasteiger partial charge on any atom is 0.339 e. The van der Waals surface area contributed by atoms with Gasteiger partial charge in [0.1, 0.15) is 5.15 Å². The van der Waals surface area contributed by atoms with Crippen LogP contribution >= 0.6 is 11.6 Å². The molecule has 0 unspecified atom stereocenters. The maximum atomic E-state index is 12.0. The Labute approximate surface area is 130 Å². The van der Waals surface area contributed by atoms with Crippen LogP contribution in [-0.4, -0.2) is 23.0 Å². The molecule has 0 bridgehead atoms. The molecule has 4 rings (SSSR count). The lowest BCUT2D eigenvalue weighted by atomic mass is 10.0. The number of carbonyl (C=O) groups is 1. The SMILES string of the molecule is COC(=O)c1cccc2c1[nH]c1ccc3ccnc(Cl)c3c12. The van der Waals surface area contributed by atoms with Gasteiger partial charge in [-0.3, -0.25) is 0 Å². The maximum absolute atomic E-state index is 12.0. The minimum atomic E-state index is -0.370. The van der Waals surface area contributed by atoms with Crippen molar-refractivity contribution in [2.45, 2.75) is 0 Å². The molecule has 2 heterocycles. The van der Waals surface area contributed by atoms with Gasteiger partial charge in [-0.25, -0.2) is 9.78 Å². The number of ether oxygens (including phenoxy) is 1. The molecule has 1 N–H and O–H groups in total. The highest BCUT2D eigenvalue weighted by molar-refractivity contribution is 6.38. The normalized spacial score (nSPS) is 11.4. The third-order valence-corrected chi connectivity index (χ3v) is 4.17. The van der Waals surface area contributed by atoms with E-state index in [1.54, 1.807) is 12.3 Å². The number of rotatable bonds is 1. The third kappa shape index (κ3) is 1.71. The summed E-state index contributed by atoms with van der Waals surface area (Å²) in [6, 6.07) is 11.4. The molecule has 0 atom stereocenters. The summed E-state index contributed by atoms with van der Waals surface area (Å²) in [4.78, 5) is 19.4. The molecule has 0 amide bonds. The van der Waals surface area contributed by atoms with Crippen LogP contribution in [0.4, 0.5) is 0 Å². The molecule has 0 spiro atoms. The Morgan fingerprint density at radius 2 is 2.05 bits per heavy atom. The highest BCUT2D eigenvalue weighted by Gasteiger charge is 2.16. The summed E-state index contributed by atoms with van der Waals surface area (Å²) < 4.78 is 4.85. The molecule has 0 radical (unpaired) electrons. The Morgan fingerprint density at radius 3 is 2.86 bits per heavy atom. The molecule has 0 aliphatic heterocycles. The van der Waals surface area contributed by atoms with Gasteiger partial charge in [0, 0.05) is 27.9 Å². The zero-order valence-electron chi connectivity index (χ0n) is 11.7. The molecule has 0 saturated carbocycles. The van der Waals surface area contributed by atoms with Crippen molar-refractivity contribution in [1.29, 1.82) is 0 Å². The lowest BCUT2D eigenvalue weighted by molar-refractivity contribution is 0.0603. The monoisotopic (exact) mass is 310 g/mol. The number of halogens is 1. The van der Waals surface area contributed by atoms with E-state index in [1.807, 2.05) is 30.3 Å². The average molecular weight is 311 g/mol. The van der Waals surface area contributed by atoms with Crippen molar-refractivity contribution in [3.05, 3.63) is 53.3 Å². The Morgan fingerprint density at radius 1 is 1.18 bits per heavy atom. The summed E-state index contributed by atoms with van der Waals surface area (Å²) in [5, 5.41) is 4.24. The predicted molar refractivity (Wildman–Crippen MR) is 87.5 cm³/mol. The minimum Gasteiger partial charge on any atom is -0.465 e. The molecule has 4 nitrogen and oxygen atoms in total. The van der Waals surface area contributed by atoms with E-state index < -0.39 is 0 Å². The van der Waals surface area contributed by atoms with Crippen LogP contribution in [-0.2, 0) is 4.74 Å². The van der Waals surface area contributed by atoms with Crippen molar-refractivity contribution >= 4 is 50.1 Å². The van der Waals surface area contributed by atoms with Crippen molar-refractivity contribution in [2.24, 2.45) is 0 Å². The van der Waals surface area contributed by atoms with Gasteiger partial charge in [0.05, 0.1) is 18.2 Å². The molecular formula is C17H11ClN2O2. The number of pyridine rings is 1. The number of aromatic nitrogens is 2. The smallest absolute Gasteiger partial charge is 0.339 e. The van der Waals surface area contributed by atoms with E-state index in [0.717, 1.165) is 32.6 Å². The fourth-order valence-corrected chi connectivity index (χ4v) is 3.18. The van der Waals surface area contributed by atoms with Gasteiger partial charge in [-0.1, -0.05) is 29.8 Å². The number of methoxy groups -OCH3 is 1. The lowest BCUT2D eigenvalue weighted by Crippen LogP contribution is -2.01. The van der Waals surface area contributed by atoms with Gasteiger partial charge in [-0.2, -0.15) is 0 Å². The van der Waals surface area contributed by atoms with Crippen LogP contribution in [0, 0.1) is 0 Å². The van der Waals surface area contributed by atoms with Crippen LogP contribution in [0.15, 0.2) is 42.6 Å². The predicted octanol–water partition coefficient (Wildman–Crippen LogP) is 4.31. The topological polar surface area (TPSA) is 55.0 Å². The number of carbonyl (C=O) groups excluding carboxylic acids is 1. The fourth-order valence-electron chi connectivity index (χ4n) is 2.92. The van der Waals surface area contributed by atoms with Gasteiger partial charge >= 0.3 is 5.97 Å². The van der Waals surface area contributed by atoms with Gasteiger partial charge < -0.3 is 9.72 Å². The Balaban J connectivity index is 2.25. The quantitative estimate of drug-likeness (QED) is 0.421. The Bertz CT molecular complexity index is 1050. The summed E-state index contributed by atoms with van der Waals surface area (Å²) in [7, 11) is 1.38. The second-order valence-electron chi connectivity index (χ2n) is 5.03. The van der Waals surface area contributed by atoms with Crippen molar-refractivity contribution in [1.82, 2.24) is 9.97 Å². The summed E-state index contributed by atoms with van der Waals surface area (Å²) in [6.45, 7) is 0. The number of fused-ring (bicyclic) bond motifs is 5. The van der Waals surface area contributed by atoms with Gasteiger partial charge in [0.15, 0.2) is 0 Å². The Kier molecular flexibility index (Phi) is 2.81. The molecule has 2 aromatic heterocycles. The van der Waals surface area contributed by atoms with Crippen molar-refractivity contribution < 1.29 is 9.53 Å². The number of nitrogens with one attached hydrogen (secondary N) is 1. The van der Waals surface area contributed by atoms with E-state index in [4.69, 9.17) is 16.3 Å². The zero-order valence-corrected chi connectivity index (χ0v) is 12.4.